The van der Waals surface area contributed by atoms with Crippen LogP contribution in [0.2, 0.25) is 0 Å². The van der Waals surface area contributed by atoms with Crippen LogP contribution in [0.25, 0.3) is 0 Å². The molecule has 0 aliphatic carbocycles. The zero-order valence-corrected chi connectivity index (χ0v) is 7.42. The highest BCUT2D eigenvalue weighted by Gasteiger charge is 2.50. The summed E-state index contributed by atoms with van der Waals surface area (Å²) >= 11 is 0. The summed E-state index contributed by atoms with van der Waals surface area (Å²) in [4.78, 5) is 0. The van der Waals surface area contributed by atoms with Gasteiger partial charge >= 0.3 is 0 Å². The molecule has 0 aromatic heterocycles. The van der Waals surface area contributed by atoms with Gasteiger partial charge in [0.05, 0.1) is 12.7 Å². The topological polar surface area (TPSA) is 31.0 Å². The molecule has 3 nitrogen and oxygen atoms in total. The van der Waals surface area contributed by atoms with Crippen LogP contribution in [-0.4, -0.2) is 32.2 Å². The first kappa shape index (κ1) is 8.97. The van der Waals surface area contributed by atoms with Crippen molar-refractivity contribution in [1.29, 1.82) is 0 Å². The molecule has 1 rings (SSSR count). The normalized spacial score (nSPS) is 35.7. The van der Waals surface area contributed by atoms with Gasteiger partial charge in [-0.05, 0) is 13.3 Å². The zero-order valence-electron chi connectivity index (χ0n) is 7.42. The lowest BCUT2D eigenvalue weighted by atomic mass is 10.1. The molecule has 11 heavy (non-hydrogen) atoms. The second kappa shape index (κ2) is 3.52. The highest BCUT2D eigenvalue weighted by molar-refractivity contribution is 4.97. The molecule has 0 aromatic rings. The van der Waals surface area contributed by atoms with Crippen molar-refractivity contribution in [3.63, 3.8) is 0 Å². The lowest BCUT2D eigenvalue weighted by molar-refractivity contribution is -0.0463. The zero-order chi connectivity index (χ0) is 8.32. The highest BCUT2D eigenvalue weighted by Crippen LogP contribution is 2.38. The van der Waals surface area contributed by atoms with Crippen LogP contribution in [-0.2, 0) is 14.2 Å². The van der Waals surface area contributed by atoms with Crippen LogP contribution in [0.15, 0.2) is 0 Å². The van der Waals surface area contributed by atoms with E-state index in [0.717, 1.165) is 6.42 Å². The van der Waals surface area contributed by atoms with Crippen molar-refractivity contribution in [1.82, 2.24) is 0 Å². The summed E-state index contributed by atoms with van der Waals surface area (Å²) in [6.07, 6.45) is 1.45. The first-order chi connectivity index (χ1) is 5.23. The van der Waals surface area contributed by atoms with Crippen molar-refractivity contribution < 1.29 is 14.2 Å². The van der Waals surface area contributed by atoms with Crippen LogP contribution < -0.4 is 0 Å². The van der Waals surface area contributed by atoms with Gasteiger partial charge in [-0.2, -0.15) is 0 Å². The van der Waals surface area contributed by atoms with Crippen LogP contribution in [0.4, 0.5) is 0 Å². The molecule has 0 spiro atoms. The minimum absolute atomic E-state index is 0.0344. The fraction of sp³-hybridized carbons (Fsp3) is 1.00. The molecule has 0 N–H and O–H groups in total. The van der Waals surface area contributed by atoms with E-state index in [-0.39, 0.29) is 5.60 Å². The molecule has 0 saturated carbocycles. The summed E-state index contributed by atoms with van der Waals surface area (Å²) in [7, 11) is 1.62. The maximum Gasteiger partial charge on any atom is 0.146 e. The fourth-order valence-electron chi connectivity index (χ4n) is 1.26. The van der Waals surface area contributed by atoms with E-state index in [1.54, 1.807) is 7.11 Å². The molecular weight excluding hydrogens is 144 g/mol. The van der Waals surface area contributed by atoms with Crippen molar-refractivity contribution in [3.05, 3.63) is 0 Å². The molecule has 1 fully saturated rings. The Kier molecular flexibility index (Phi) is 2.87. The summed E-state index contributed by atoms with van der Waals surface area (Å²) in [5, 5.41) is 0. The summed E-state index contributed by atoms with van der Waals surface area (Å²) in [6.45, 7) is 5.18. The second-order valence-electron chi connectivity index (χ2n) is 3.08. The Morgan fingerprint density at radius 2 is 2.27 bits per heavy atom. The summed E-state index contributed by atoms with van der Waals surface area (Å²) in [5.41, 5.74) is -0.0344. The lowest BCUT2D eigenvalue weighted by Gasteiger charge is -2.05. The van der Waals surface area contributed by atoms with Gasteiger partial charge in [-0.1, -0.05) is 6.92 Å². The maximum absolute atomic E-state index is 5.42. The monoisotopic (exact) mass is 160 g/mol. The number of rotatable bonds is 5. The Bertz CT molecular complexity index is 127. The van der Waals surface area contributed by atoms with E-state index in [1.165, 1.54) is 0 Å². The largest absolute Gasteiger partial charge is 0.364 e. The van der Waals surface area contributed by atoms with E-state index in [9.17, 15) is 0 Å². The van der Waals surface area contributed by atoms with Crippen LogP contribution in [0, 0.1) is 0 Å². The van der Waals surface area contributed by atoms with Gasteiger partial charge in [0.25, 0.3) is 0 Å². The molecule has 0 bridgehead atoms. The van der Waals surface area contributed by atoms with E-state index in [0.29, 0.717) is 19.5 Å². The van der Waals surface area contributed by atoms with Gasteiger partial charge in [0.1, 0.15) is 12.4 Å². The molecule has 66 valence electrons. The van der Waals surface area contributed by atoms with Crippen molar-refractivity contribution >= 4 is 0 Å². The van der Waals surface area contributed by atoms with Gasteiger partial charge in [-0.15, -0.1) is 0 Å². The first-order valence-electron chi connectivity index (χ1n) is 3.97. The molecule has 1 aliphatic rings. The van der Waals surface area contributed by atoms with Crippen LogP contribution >= 0.6 is 0 Å². The van der Waals surface area contributed by atoms with Crippen molar-refractivity contribution in [2.45, 2.75) is 32.0 Å². The molecule has 1 aliphatic heterocycles. The van der Waals surface area contributed by atoms with Crippen molar-refractivity contribution in [2.75, 3.05) is 20.5 Å². The predicted octanol–water partition coefficient (Wildman–Crippen LogP) is 1.17. The smallest absolute Gasteiger partial charge is 0.146 e. The molecule has 0 unspecified atom stereocenters. The molecular formula is C8H16O3. The molecule has 3 heteroatoms. The lowest BCUT2D eigenvalue weighted by Crippen LogP contribution is -2.18. The number of ether oxygens (including phenoxy) is 3. The van der Waals surface area contributed by atoms with E-state index in [1.807, 2.05) is 0 Å². The number of hydrogen-bond acceptors (Lipinski definition) is 3. The van der Waals surface area contributed by atoms with Gasteiger partial charge in [-0.25, -0.2) is 0 Å². The number of hydrogen-bond donors (Lipinski definition) is 0. The average molecular weight is 160 g/mol. The Labute approximate surface area is 67.6 Å². The molecule has 2 atom stereocenters. The Hall–Kier alpha value is -0.120. The molecule has 1 heterocycles. The predicted molar refractivity (Wildman–Crippen MR) is 41.4 cm³/mol. The van der Waals surface area contributed by atoms with Crippen molar-refractivity contribution in [3.8, 4) is 0 Å². The molecule has 1 saturated heterocycles. The summed E-state index contributed by atoms with van der Waals surface area (Å²) in [5.74, 6) is 0. The van der Waals surface area contributed by atoms with Gasteiger partial charge in [0.15, 0.2) is 0 Å². The summed E-state index contributed by atoms with van der Waals surface area (Å²) < 4.78 is 15.4. The second-order valence-corrected chi connectivity index (χ2v) is 3.08. The standard InChI is InChI=1S/C8H16O3/c1-4-7-8(2,11-7)5-10-6-9-3/h7H,4-6H2,1-3H3/t7-,8-/m0/s1. The van der Waals surface area contributed by atoms with Crippen LogP contribution in [0.5, 0.6) is 0 Å². The Morgan fingerprint density at radius 3 is 2.73 bits per heavy atom. The van der Waals surface area contributed by atoms with E-state index < -0.39 is 0 Å². The maximum atomic E-state index is 5.42. The Balaban J connectivity index is 2.08. The number of epoxide rings is 1. The number of methoxy groups -OCH3 is 1. The average Bonchev–Trinajstić information content (AvgIpc) is 2.63. The Morgan fingerprint density at radius 1 is 1.55 bits per heavy atom. The molecule has 0 aromatic carbocycles. The molecule has 0 amide bonds. The highest BCUT2D eigenvalue weighted by atomic mass is 16.7. The van der Waals surface area contributed by atoms with Crippen LogP contribution in [0.1, 0.15) is 20.3 Å². The fourth-order valence-corrected chi connectivity index (χ4v) is 1.26. The summed E-state index contributed by atoms with van der Waals surface area (Å²) in [6, 6.07) is 0. The SMILES string of the molecule is CC[C@@H]1O[C@@]1(C)COCOC. The van der Waals surface area contributed by atoms with E-state index in [4.69, 9.17) is 14.2 Å². The van der Waals surface area contributed by atoms with Gasteiger partial charge < -0.3 is 14.2 Å². The van der Waals surface area contributed by atoms with Gasteiger partial charge in [-0.3, -0.25) is 0 Å². The van der Waals surface area contributed by atoms with Crippen molar-refractivity contribution in [2.24, 2.45) is 0 Å². The van der Waals surface area contributed by atoms with Crippen LogP contribution in [0.3, 0.4) is 0 Å². The minimum Gasteiger partial charge on any atom is -0.364 e. The van der Waals surface area contributed by atoms with Gasteiger partial charge in [0.2, 0.25) is 0 Å². The quantitative estimate of drug-likeness (QED) is 0.344. The van der Waals surface area contributed by atoms with Gasteiger partial charge in [0, 0.05) is 7.11 Å². The van der Waals surface area contributed by atoms with E-state index in [2.05, 4.69) is 13.8 Å². The minimum atomic E-state index is -0.0344. The first-order valence-corrected chi connectivity index (χ1v) is 3.97. The molecule has 0 radical (unpaired) electrons. The van der Waals surface area contributed by atoms with E-state index >= 15 is 0 Å². The third-order valence-corrected chi connectivity index (χ3v) is 2.00. The third kappa shape index (κ3) is 2.15. The third-order valence-electron chi connectivity index (χ3n) is 2.00.